The zero-order valence-electron chi connectivity index (χ0n) is 12.2. The smallest absolute Gasteiger partial charge is 0.333 e. The van der Waals surface area contributed by atoms with Crippen LogP contribution in [0.25, 0.3) is 0 Å². The summed E-state index contributed by atoms with van der Waals surface area (Å²) in [6.45, 7) is 6.38. The van der Waals surface area contributed by atoms with Gasteiger partial charge in [-0.3, -0.25) is 10.1 Å². The number of nitrogens with zero attached hydrogens (tertiary/aromatic N) is 1. The molecule has 0 heterocycles. The van der Waals surface area contributed by atoms with Gasteiger partial charge >= 0.3 is 5.69 Å². The maximum absolute atomic E-state index is 11.2. The van der Waals surface area contributed by atoms with E-state index < -0.39 is 0 Å². The van der Waals surface area contributed by atoms with Crippen LogP contribution in [0.1, 0.15) is 27.2 Å². The highest BCUT2D eigenvalue weighted by atomic mass is 32.2. The van der Waals surface area contributed by atoms with Crippen molar-refractivity contribution in [1.82, 2.24) is 0 Å². The molecule has 20 heavy (non-hydrogen) atoms. The number of rotatable bonds is 9. The molecule has 1 aromatic carbocycles. The summed E-state index contributed by atoms with van der Waals surface area (Å²) in [6.07, 6.45) is 0.967. The summed E-state index contributed by atoms with van der Waals surface area (Å²) in [7, 11) is 0. The third kappa shape index (κ3) is 4.92. The molecule has 1 rings (SSSR count). The Morgan fingerprint density at radius 2 is 2.20 bits per heavy atom. The maximum Gasteiger partial charge on any atom is 0.333 e. The molecule has 0 aliphatic carbocycles. The fourth-order valence-corrected chi connectivity index (χ4v) is 2.65. The van der Waals surface area contributed by atoms with Gasteiger partial charge in [-0.25, -0.2) is 0 Å². The number of nitrogens with one attached hydrogen (secondary N) is 1. The van der Waals surface area contributed by atoms with E-state index in [0.717, 1.165) is 17.9 Å². The van der Waals surface area contributed by atoms with Crippen LogP contribution >= 0.6 is 11.8 Å². The van der Waals surface area contributed by atoms with Gasteiger partial charge in [-0.15, -0.1) is 0 Å². The Labute approximate surface area is 124 Å². The van der Waals surface area contributed by atoms with Gasteiger partial charge in [0.1, 0.15) is 5.69 Å². The molecule has 1 unspecified atom stereocenters. The van der Waals surface area contributed by atoms with Gasteiger partial charge in [-0.1, -0.05) is 13.0 Å². The average Bonchev–Trinajstić information content (AvgIpc) is 2.39. The predicted molar refractivity (Wildman–Crippen MR) is 85.0 cm³/mol. The quantitative estimate of drug-likeness (QED) is 0.425. The summed E-state index contributed by atoms with van der Waals surface area (Å²) >= 11 is 1.87. The summed E-state index contributed by atoms with van der Waals surface area (Å²) < 4.78 is 5.33. The Morgan fingerprint density at radius 1 is 1.45 bits per heavy atom. The molecule has 0 bridgehead atoms. The van der Waals surface area contributed by atoms with Gasteiger partial charge in [0.05, 0.1) is 11.5 Å². The van der Waals surface area contributed by atoms with Crippen LogP contribution in [-0.2, 0) is 0 Å². The zero-order chi connectivity index (χ0) is 15.0. The van der Waals surface area contributed by atoms with E-state index in [-0.39, 0.29) is 16.7 Å². The minimum atomic E-state index is -0.388. The van der Waals surface area contributed by atoms with Crippen molar-refractivity contribution in [3.05, 3.63) is 28.3 Å². The molecule has 0 aliphatic heterocycles. The Hall–Kier alpha value is -1.43. The topological polar surface area (TPSA) is 64.4 Å². The highest BCUT2D eigenvalue weighted by Crippen LogP contribution is 2.35. The number of benzene rings is 1. The van der Waals surface area contributed by atoms with Gasteiger partial charge in [0.15, 0.2) is 5.75 Å². The first-order valence-electron chi connectivity index (χ1n) is 6.84. The third-order valence-corrected chi connectivity index (χ3v) is 3.72. The second-order valence-corrected chi connectivity index (χ2v) is 5.77. The van der Waals surface area contributed by atoms with Crippen LogP contribution in [0.2, 0.25) is 0 Å². The number of nitro groups is 1. The molecule has 0 aliphatic rings. The van der Waals surface area contributed by atoms with Crippen molar-refractivity contribution in [1.29, 1.82) is 0 Å². The normalized spacial score (nSPS) is 11.9. The molecule has 0 amide bonds. The van der Waals surface area contributed by atoms with Crippen molar-refractivity contribution in [3.63, 3.8) is 0 Å². The van der Waals surface area contributed by atoms with Crippen molar-refractivity contribution in [2.45, 2.75) is 33.2 Å². The first-order chi connectivity index (χ1) is 9.60. The van der Waals surface area contributed by atoms with Crippen molar-refractivity contribution in [3.8, 4) is 5.75 Å². The molecule has 0 spiro atoms. The SMILES string of the molecule is CCOc1cccc(NC(C)CCSCC)c1[N+](=O)[O-]. The average molecular weight is 298 g/mol. The lowest BCUT2D eigenvalue weighted by Crippen LogP contribution is -2.17. The minimum Gasteiger partial charge on any atom is -0.487 e. The van der Waals surface area contributed by atoms with E-state index in [1.807, 2.05) is 25.6 Å². The van der Waals surface area contributed by atoms with Crippen LogP contribution in [0.15, 0.2) is 18.2 Å². The Bertz CT molecular complexity index is 440. The van der Waals surface area contributed by atoms with Crippen molar-refractivity contribution in [2.75, 3.05) is 23.4 Å². The van der Waals surface area contributed by atoms with Crippen LogP contribution in [0, 0.1) is 10.1 Å². The lowest BCUT2D eigenvalue weighted by atomic mass is 10.2. The number of hydrogen-bond acceptors (Lipinski definition) is 5. The fourth-order valence-electron chi connectivity index (χ4n) is 1.84. The van der Waals surface area contributed by atoms with Gasteiger partial charge < -0.3 is 10.1 Å². The molecule has 0 fully saturated rings. The van der Waals surface area contributed by atoms with Gasteiger partial charge in [0.25, 0.3) is 0 Å². The van der Waals surface area contributed by atoms with Crippen LogP contribution in [0.4, 0.5) is 11.4 Å². The monoisotopic (exact) mass is 298 g/mol. The molecular weight excluding hydrogens is 276 g/mol. The molecule has 1 atom stereocenters. The van der Waals surface area contributed by atoms with E-state index >= 15 is 0 Å². The predicted octanol–water partition coefficient (Wildman–Crippen LogP) is 3.94. The van der Waals surface area contributed by atoms with Gasteiger partial charge in [0.2, 0.25) is 0 Å². The highest BCUT2D eigenvalue weighted by molar-refractivity contribution is 7.99. The van der Waals surface area contributed by atoms with Gasteiger partial charge in [-0.05, 0) is 43.9 Å². The standard InChI is InChI=1S/C14H22N2O3S/c1-4-19-13-8-6-7-12(14(13)16(17)18)15-11(3)9-10-20-5-2/h6-8,11,15H,4-5,9-10H2,1-3H3. The van der Waals surface area contributed by atoms with Crippen LogP contribution in [0.3, 0.4) is 0 Å². The van der Waals surface area contributed by atoms with E-state index in [2.05, 4.69) is 12.2 Å². The summed E-state index contributed by atoms with van der Waals surface area (Å²) in [6, 6.07) is 5.31. The first kappa shape index (κ1) is 16.6. The Morgan fingerprint density at radius 3 is 2.80 bits per heavy atom. The van der Waals surface area contributed by atoms with E-state index in [1.54, 1.807) is 18.2 Å². The summed E-state index contributed by atoms with van der Waals surface area (Å²) in [4.78, 5) is 10.9. The molecule has 0 saturated heterocycles. The maximum atomic E-state index is 11.2. The lowest BCUT2D eigenvalue weighted by molar-refractivity contribution is -0.385. The summed E-state index contributed by atoms with van der Waals surface area (Å²) in [5.41, 5.74) is 0.541. The van der Waals surface area contributed by atoms with Crippen LogP contribution < -0.4 is 10.1 Å². The third-order valence-electron chi connectivity index (χ3n) is 2.78. The number of anilines is 1. The lowest BCUT2D eigenvalue weighted by Gasteiger charge is -2.16. The van der Waals surface area contributed by atoms with Crippen LogP contribution in [-0.4, -0.2) is 29.1 Å². The van der Waals surface area contributed by atoms with E-state index in [4.69, 9.17) is 4.74 Å². The molecular formula is C14H22N2O3S. The number of hydrogen-bond donors (Lipinski definition) is 1. The number of para-hydroxylation sites is 1. The molecule has 1 N–H and O–H groups in total. The second-order valence-electron chi connectivity index (χ2n) is 4.37. The molecule has 112 valence electrons. The van der Waals surface area contributed by atoms with Crippen LogP contribution in [0.5, 0.6) is 5.75 Å². The fraction of sp³-hybridized carbons (Fsp3) is 0.571. The highest BCUT2D eigenvalue weighted by Gasteiger charge is 2.21. The molecule has 0 saturated carbocycles. The number of thioether (sulfide) groups is 1. The molecule has 0 radical (unpaired) electrons. The zero-order valence-corrected chi connectivity index (χ0v) is 13.0. The molecule has 0 aromatic heterocycles. The Balaban J connectivity index is 2.83. The first-order valence-corrected chi connectivity index (χ1v) is 8.00. The van der Waals surface area contributed by atoms with Crippen molar-refractivity contribution < 1.29 is 9.66 Å². The second kappa shape index (κ2) is 8.68. The van der Waals surface area contributed by atoms with Crippen molar-refractivity contribution >= 4 is 23.1 Å². The molecule has 5 nitrogen and oxygen atoms in total. The van der Waals surface area contributed by atoms with E-state index in [9.17, 15) is 10.1 Å². The molecule has 6 heteroatoms. The van der Waals surface area contributed by atoms with Gasteiger partial charge in [-0.2, -0.15) is 11.8 Å². The number of nitro benzene ring substituents is 1. The van der Waals surface area contributed by atoms with Crippen molar-refractivity contribution in [2.24, 2.45) is 0 Å². The summed E-state index contributed by atoms with van der Waals surface area (Å²) in [5, 5.41) is 14.5. The van der Waals surface area contributed by atoms with E-state index in [0.29, 0.717) is 18.0 Å². The minimum absolute atomic E-state index is 0.0179. The largest absolute Gasteiger partial charge is 0.487 e. The Kier molecular flexibility index (Phi) is 7.22. The van der Waals surface area contributed by atoms with Gasteiger partial charge in [0, 0.05) is 6.04 Å². The summed E-state index contributed by atoms with van der Waals surface area (Å²) in [5.74, 6) is 2.45. The van der Waals surface area contributed by atoms with E-state index in [1.165, 1.54) is 0 Å². The molecule has 1 aromatic rings. The number of ether oxygens (including phenoxy) is 1.